The highest BCUT2D eigenvalue weighted by atomic mass is 28.4. The highest BCUT2D eigenvalue weighted by molar-refractivity contribution is 6.74. The Morgan fingerprint density at radius 3 is 2.20 bits per heavy atom. The van der Waals surface area contributed by atoms with Gasteiger partial charge in [-0.05, 0) is 36.9 Å². The third-order valence-electron chi connectivity index (χ3n) is 4.84. The van der Waals surface area contributed by atoms with Crippen molar-refractivity contribution in [1.29, 1.82) is 0 Å². The summed E-state index contributed by atoms with van der Waals surface area (Å²) >= 11 is 0. The lowest BCUT2D eigenvalue weighted by Crippen LogP contribution is -2.41. The predicted octanol–water partition coefficient (Wildman–Crippen LogP) is 4.33. The van der Waals surface area contributed by atoms with Crippen LogP contribution < -0.4 is 5.73 Å². The van der Waals surface area contributed by atoms with E-state index in [1.807, 2.05) is 6.92 Å². The van der Waals surface area contributed by atoms with Crippen LogP contribution in [0.2, 0.25) is 18.1 Å². The molecular weight excluding hydrogens is 266 g/mol. The van der Waals surface area contributed by atoms with Crippen molar-refractivity contribution in [1.82, 2.24) is 0 Å². The van der Waals surface area contributed by atoms with Crippen LogP contribution >= 0.6 is 0 Å². The molecule has 3 nitrogen and oxygen atoms in total. The molecule has 0 aromatic heterocycles. The number of carbonyl (C=O) groups excluding carboxylic acids is 1. The first-order chi connectivity index (χ1) is 9.03. The molecule has 120 valence electrons. The molecule has 1 amide bonds. The van der Waals surface area contributed by atoms with Crippen molar-refractivity contribution in [3.05, 3.63) is 0 Å². The molecule has 0 heterocycles. The molecule has 0 rings (SSSR count). The van der Waals surface area contributed by atoms with Gasteiger partial charge in [0.15, 0.2) is 8.32 Å². The molecule has 0 saturated carbocycles. The van der Waals surface area contributed by atoms with E-state index < -0.39 is 8.32 Å². The van der Waals surface area contributed by atoms with Crippen molar-refractivity contribution in [3.63, 3.8) is 0 Å². The Bertz CT molecular complexity index is 297. The molecule has 0 radical (unpaired) electrons. The quantitative estimate of drug-likeness (QED) is 0.645. The summed E-state index contributed by atoms with van der Waals surface area (Å²) < 4.78 is 6.22. The van der Waals surface area contributed by atoms with Gasteiger partial charge >= 0.3 is 0 Å². The topological polar surface area (TPSA) is 52.3 Å². The van der Waals surface area contributed by atoms with Crippen molar-refractivity contribution in [2.75, 3.05) is 6.61 Å². The van der Waals surface area contributed by atoms with E-state index in [1.54, 1.807) is 0 Å². The maximum absolute atomic E-state index is 11.4. The fraction of sp³-hybridized carbons (Fsp3) is 0.938. The number of primary amides is 1. The van der Waals surface area contributed by atoms with Crippen molar-refractivity contribution >= 4 is 14.2 Å². The van der Waals surface area contributed by atoms with Gasteiger partial charge in [0.05, 0.1) is 0 Å². The Hall–Kier alpha value is -0.353. The van der Waals surface area contributed by atoms with Gasteiger partial charge in [-0.15, -0.1) is 0 Å². The third-order valence-corrected chi connectivity index (χ3v) is 9.38. The lowest BCUT2D eigenvalue weighted by Gasteiger charge is -2.36. The van der Waals surface area contributed by atoms with E-state index in [0.29, 0.717) is 5.92 Å². The first-order valence-electron chi connectivity index (χ1n) is 7.96. The van der Waals surface area contributed by atoms with Crippen molar-refractivity contribution in [3.8, 4) is 0 Å². The van der Waals surface area contributed by atoms with E-state index in [-0.39, 0.29) is 16.9 Å². The zero-order valence-corrected chi connectivity index (χ0v) is 15.6. The molecule has 0 aromatic carbocycles. The van der Waals surface area contributed by atoms with E-state index in [0.717, 1.165) is 32.3 Å². The van der Waals surface area contributed by atoms with Crippen LogP contribution in [0.4, 0.5) is 0 Å². The van der Waals surface area contributed by atoms with E-state index in [2.05, 4.69) is 40.8 Å². The van der Waals surface area contributed by atoms with Gasteiger partial charge in [-0.2, -0.15) is 0 Å². The van der Waals surface area contributed by atoms with Gasteiger partial charge < -0.3 is 10.2 Å². The Morgan fingerprint density at radius 1 is 1.25 bits per heavy atom. The minimum Gasteiger partial charge on any atom is -0.417 e. The molecule has 0 aliphatic heterocycles. The first-order valence-corrected chi connectivity index (χ1v) is 10.9. The summed E-state index contributed by atoms with van der Waals surface area (Å²) in [6, 6.07) is 0. The molecule has 2 atom stereocenters. The molecule has 0 fully saturated rings. The van der Waals surface area contributed by atoms with Crippen LogP contribution in [0.5, 0.6) is 0 Å². The Kier molecular flexibility index (Phi) is 8.03. The summed E-state index contributed by atoms with van der Waals surface area (Å²) in [7, 11) is -1.68. The number of hydrogen-bond donors (Lipinski definition) is 1. The monoisotopic (exact) mass is 301 g/mol. The number of nitrogens with two attached hydrogens (primary N) is 1. The molecule has 4 heteroatoms. The first kappa shape index (κ1) is 19.6. The SMILES string of the molecule is CCCC[C@@H](CCO[Si](C)(C)C(C)(C)C)C(C)C(N)=O. The molecule has 20 heavy (non-hydrogen) atoms. The lowest BCUT2D eigenvalue weighted by molar-refractivity contribution is -0.123. The maximum atomic E-state index is 11.4. The molecular formula is C16H35NO2Si. The number of amides is 1. The average molecular weight is 302 g/mol. The summed E-state index contributed by atoms with van der Waals surface area (Å²) in [6.45, 7) is 16.2. The smallest absolute Gasteiger partial charge is 0.220 e. The third kappa shape index (κ3) is 6.40. The van der Waals surface area contributed by atoms with Gasteiger partial charge in [0, 0.05) is 12.5 Å². The fourth-order valence-electron chi connectivity index (χ4n) is 2.02. The minimum atomic E-state index is -1.68. The fourth-order valence-corrected chi connectivity index (χ4v) is 3.09. The highest BCUT2D eigenvalue weighted by Crippen LogP contribution is 2.37. The van der Waals surface area contributed by atoms with Crippen LogP contribution in [0.25, 0.3) is 0 Å². The van der Waals surface area contributed by atoms with E-state index >= 15 is 0 Å². The van der Waals surface area contributed by atoms with E-state index in [9.17, 15) is 4.79 Å². The summed E-state index contributed by atoms with van der Waals surface area (Å²) in [5.74, 6) is 0.125. The van der Waals surface area contributed by atoms with E-state index in [1.165, 1.54) is 0 Å². The molecule has 0 saturated heterocycles. The second kappa shape index (κ2) is 8.18. The molecule has 0 bridgehead atoms. The standard InChI is InChI=1S/C16H35NO2Si/c1-8-9-10-14(13(2)15(17)18)11-12-19-20(6,7)16(3,4)5/h13-14H,8-12H2,1-7H3,(H2,17,18)/t13?,14-/m0/s1. The summed E-state index contributed by atoms with van der Waals surface area (Å²) in [5.41, 5.74) is 5.46. The Morgan fingerprint density at radius 2 is 1.80 bits per heavy atom. The Balaban J connectivity index is 4.44. The second-order valence-electron chi connectivity index (χ2n) is 7.49. The summed E-state index contributed by atoms with van der Waals surface area (Å²) in [6.07, 6.45) is 4.32. The second-order valence-corrected chi connectivity index (χ2v) is 12.3. The molecule has 2 N–H and O–H groups in total. The van der Waals surface area contributed by atoms with E-state index in [4.69, 9.17) is 10.2 Å². The average Bonchev–Trinajstić information content (AvgIpc) is 2.30. The molecule has 0 aliphatic rings. The largest absolute Gasteiger partial charge is 0.417 e. The zero-order chi connectivity index (χ0) is 16.0. The van der Waals surface area contributed by atoms with Crippen LogP contribution in [0.3, 0.4) is 0 Å². The Labute approximate surface area is 126 Å². The van der Waals surface area contributed by atoms with Gasteiger partial charge in [-0.3, -0.25) is 4.79 Å². The number of unbranched alkanes of at least 4 members (excludes halogenated alkanes) is 1. The number of rotatable bonds is 9. The van der Waals surface area contributed by atoms with Gasteiger partial charge in [-0.25, -0.2) is 0 Å². The number of hydrogen-bond acceptors (Lipinski definition) is 2. The molecule has 0 spiro atoms. The van der Waals surface area contributed by atoms with Crippen molar-refractivity contribution in [2.24, 2.45) is 17.6 Å². The van der Waals surface area contributed by atoms with Crippen LogP contribution in [0.15, 0.2) is 0 Å². The van der Waals surface area contributed by atoms with Gasteiger partial charge in [0.25, 0.3) is 0 Å². The van der Waals surface area contributed by atoms with Gasteiger partial charge in [-0.1, -0.05) is 47.5 Å². The molecule has 0 aromatic rings. The van der Waals surface area contributed by atoms with Crippen molar-refractivity contribution in [2.45, 2.75) is 78.4 Å². The summed E-state index contributed by atoms with van der Waals surface area (Å²) in [4.78, 5) is 11.4. The summed E-state index contributed by atoms with van der Waals surface area (Å²) in [5, 5.41) is 0.237. The van der Waals surface area contributed by atoms with Gasteiger partial charge in [0.1, 0.15) is 0 Å². The zero-order valence-electron chi connectivity index (χ0n) is 14.6. The molecule has 0 aliphatic carbocycles. The lowest BCUT2D eigenvalue weighted by atomic mass is 9.86. The normalized spacial score (nSPS) is 15.9. The van der Waals surface area contributed by atoms with Crippen LogP contribution in [0, 0.1) is 11.8 Å². The maximum Gasteiger partial charge on any atom is 0.220 e. The van der Waals surface area contributed by atoms with Gasteiger partial charge in [0.2, 0.25) is 5.91 Å². The van der Waals surface area contributed by atoms with Crippen LogP contribution in [-0.2, 0) is 9.22 Å². The van der Waals surface area contributed by atoms with Crippen LogP contribution in [-0.4, -0.2) is 20.8 Å². The van der Waals surface area contributed by atoms with Crippen LogP contribution in [0.1, 0.15) is 60.3 Å². The number of carbonyl (C=O) groups is 1. The highest BCUT2D eigenvalue weighted by Gasteiger charge is 2.37. The molecule has 1 unspecified atom stereocenters. The van der Waals surface area contributed by atoms with Crippen molar-refractivity contribution < 1.29 is 9.22 Å². The minimum absolute atomic E-state index is 0.0513. The predicted molar refractivity (Wildman–Crippen MR) is 89.1 cm³/mol.